The van der Waals surface area contributed by atoms with Crippen LogP contribution in [-0.4, -0.2) is 46.5 Å². The van der Waals surface area contributed by atoms with Gasteiger partial charge in [-0.3, -0.25) is 14.7 Å². The standard InChI is InChI=1S/C15H18N4O3/c20-14(12-3-6-22-10-12)16-7-11-1-4-19(5-2-11)15(21)13-8-17-18-9-13/h3,6,8-11H,1-2,4-5,7H2,(H,16,20)(H,17,18). The van der Waals surface area contributed by atoms with Gasteiger partial charge < -0.3 is 14.6 Å². The zero-order valence-corrected chi connectivity index (χ0v) is 12.1. The lowest BCUT2D eigenvalue weighted by Gasteiger charge is -2.31. The first-order chi connectivity index (χ1) is 10.7. The summed E-state index contributed by atoms with van der Waals surface area (Å²) in [6.45, 7) is 2.03. The van der Waals surface area contributed by atoms with E-state index in [-0.39, 0.29) is 11.8 Å². The number of H-pyrrole nitrogens is 1. The van der Waals surface area contributed by atoms with Crippen LogP contribution in [0.5, 0.6) is 0 Å². The second kappa shape index (κ2) is 6.46. The van der Waals surface area contributed by atoms with Gasteiger partial charge in [0.1, 0.15) is 6.26 Å². The van der Waals surface area contributed by atoms with Crippen molar-refractivity contribution in [1.82, 2.24) is 20.4 Å². The lowest BCUT2D eigenvalue weighted by Crippen LogP contribution is -2.41. The summed E-state index contributed by atoms with van der Waals surface area (Å²) in [5, 5.41) is 9.36. The van der Waals surface area contributed by atoms with Gasteiger partial charge in [-0.2, -0.15) is 5.10 Å². The summed E-state index contributed by atoms with van der Waals surface area (Å²) in [4.78, 5) is 25.8. The Morgan fingerprint density at radius 2 is 2.18 bits per heavy atom. The average molecular weight is 302 g/mol. The van der Waals surface area contributed by atoms with Gasteiger partial charge in [0.05, 0.1) is 23.6 Å². The lowest BCUT2D eigenvalue weighted by molar-refractivity contribution is 0.0684. The molecule has 1 saturated heterocycles. The van der Waals surface area contributed by atoms with Crippen LogP contribution in [-0.2, 0) is 0 Å². The third-order valence-corrected chi connectivity index (χ3v) is 3.98. The van der Waals surface area contributed by atoms with Crippen molar-refractivity contribution < 1.29 is 14.0 Å². The number of carbonyl (C=O) groups is 2. The minimum absolute atomic E-state index is 0.00892. The maximum atomic E-state index is 12.2. The number of furan rings is 1. The fourth-order valence-electron chi connectivity index (χ4n) is 2.62. The molecule has 116 valence electrons. The molecule has 0 unspecified atom stereocenters. The van der Waals surface area contributed by atoms with Crippen LogP contribution in [0.4, 0.5) is 0 Å². The number of hydrogen-bond donors (Lipinski definition) is 2. The van der Waals surface area contributed by atoms with Crippen molar-refractivity contribution in [2.24, 2.45) is 5.92 Å². The van der Waals surface area contributed by atoms with E-state index in [1.165, 1.54) is 12.5 Å². The van der Waals surface area contributed by atoms with Crippen molar-refractivity contribution in [2.45, 2.75) is 12.8 Å². The Hall–Kier alpha value is -2.57. The average Bonchev–Trinajstić information content (AvgIpc) is 3.25. The second-order valence-corrected chi connectivity index (χ2v) is 5.44. The van der Waals surface area contributed by atoms with Gasteiger partial charge in [0.15, 0.2) is 0 Å². The maximum absolute atomic E-state index is 12.2. The highest BCUT2D eigenvalue weighted by Crippen LogP contribution is 2.18. The number of piperidine rings is 1. The van der Waals surface area contributed by atoms with Crippen molar-refractivity contribution in [3.63, 3.8) is 0 Å². The number of amides is 2. The van der Waals surface area contributed by atoms with E-state index in [2.05, 4.69) is 15.5 Å². The highest BCUT2D eigenvalue weighted by molar-refractivity contribution is 5.94. The lowest BCUT2D eigenvalue weighted by atomic mass is 9.96. The number of carbonyl (C=O) groups excluding carboxylic acids is 2. The fraction of sp³-hybridized carbons (Fsp3) is 0.400. The maximum Gasteiger partial charge on any atom is 0.257 e. The molecular formula is C15H18N4O3. The number of aromatic nitrogens is 2. The van der Waals surface area contributed by atoms with Gasteiger partial charge >= 0.3 is 0 Å². The number of nitrogens with zero attached hydrogens (tertiary/aromatic N) is 2. The number of nitrogens with one attached hydrogen (secondary N) is 2. The molecule has 0 aliphatic carbocycles. The molecule has 22 heavy (non-hydrogen) atoms. The quantitative estimate of drug-likeness (QED) is 0.890. The highest BCUT2D eigenvalue weighted by atomic mass is 16.3. The van der Waals surface area contributed by atoms with Crippen LogP contribution in [0.3, 0.4) is 0 Å². The van der Waals surface area contributed by atoms with E-state index in [4.69, 9.17) is 4.42 Å². The molecule has 0 radical (unpaired) electrons. The Bertz CT molecular complexity index is 613. The molecule has 1 aliphatic heterocycles. The van der Waals surface area contributed by atoms with E-state index in [0.29, 0.717) is 36.7 Å². The van der Waals surface area contributed by atoms with Crippen molar-refractivity contribution in [3.8, 4) is 0 Å². The molecule has 2 aromatic rings. The minimum Gasteiger partial charge on any atom is -0.472 e. The molecule has 0 atom stereocenters. The Morgan fingerprint density at radius 3 is 2.82 bits per heavy atom. The molecule has 0 bridgehead atoms. The molecule has 2 amide bonds. The Labute approximate surface area is 127 Å². The zero-order valence-electron chi connectivity index (χ0n) is 12.1. The highest BCUT2D eigenvalue weighted by Gasteiger charge is 2.24. The Kier molecular flexibility index (Phi) is 4.22. The van der Waals surface area contributed by atoms with Gasteiger partial charge in [-0.05, 0) is 24.8 Å². The van der Waals surface area contributed by atoms with Crippen molar-refractivity contribution >= 4 is 11.8 Å². The van der Waals surface area contributed by atoms with Crippen molar-refractivity contribution in [2.75, 3.05) is 19.6 Å². The van der Waals surface area contributed by atoms with Gasteiger partial charge in [-0.1, -0.05) is 0 Å². The Morgan fingerprint density at radius 1 is 1.36 bits per heavy atom. The number of rotatable bonds is 4. The van der Waals surface area contributed by atoms with Gasteiger partial charge in [0, 0.05) is 25.8 Å². The molecule has 0 spiro atoms. The summed E-state index contributed by atoms with van der Waals surface area (Å²) in [6, 6.07) is 1.64. The smallest absolute Gasteiger partial charge is 0.257 e. The van der Waals surface area contributed by atoms with E-state index in [1.807, 2.05) is 4.90 Å². The molecule has 2 aromatic heterocycles. The van der Waals surface area contributed by atoms with Crippen LogP contribution in [0, 0.1) is 5.92 Å². The van der Waals surface area contributed by atoms with Crippen LogP contribution in [0.1, 0.15) is 33.6 Å². The van der Waals surface area contributed by atoms with Crippen LogP contribution in [0.2, 0.25) is 0 Å². The van der Waals surface area contributed by atoms with Gasteiger partial charge in [-0.25, -0.2) is 0 Å². The summed E-state index contributed by atoms with van der Waals surface area (Å²) in [5.74, 6) is 0.282. The zero-order chi connectivity index (χ0) is 15.4. The first-order valence-electron chi connectivity index (χ1n) is 7.32. The molecule has 3 rings (SSSR count). The number of likely N-dealkylation sites (tertiary alicyclic amines) is 1. The van der Waals surface area contributed by atoms with E-state index in [0.717, 1.165) is 12.8 Å². The molecule has 7 heteroatoms. The SMILES string of the molecule is O=C(NCC1CCN(C(=O)c2cn[nH]c2)CC1)c1ccoc1. The first-order valence-corrected chi connectivity index (χ1v) is 7.32. The van der Waals surface area contributed by atoms with Crippen LogP contribution < -0.4 is 5.32 Å². The second-order valence-electron chi connectivity index (χ2n) is 5.44. The fourth-order valence-corrected chi connectivity index (χ4v) is 2.62. The van der Waals surface area contributed by atoms with E-state index < -0.39 is 0 Å². The van der Waals surface area contributed by atoms with Crippen molar-refractivity contribution in [1.29, 1.82) is 0 Å². The molecule has 1 fully saturated rings. The summed E-state index contributed by atoms with van der Waals surface area (Å²) < 4.78 is 4.89. The van der Waals surface area contributed by atoms with E-state index in [1.54, 1.807) is 18.5 Å². The normalized spacial score (nSPS) is 15.7. The number of aromatic amines is 1. The van der Waals surface area contributed by atoms with Gasteiger partial charge in [0.25, 0.3) is 11.8 Å². The predicted molar refractivity (Wildman–Crippen MR) is 78.3 cm³/mol. The predicted octanol–water partition coefficient (Wildman–Crippen LogP) is 1.28. The minimum atomic E-state index is -0.120. The van der Waals surface area contributed by atoms with Crippen LogP contribution in [0.25, 0.3) is 0 Å². The molecule has 0 aromatic carbocycles. The van der Waals surface area contributed by atoms with E-state index in [9.17, 15) is 9.59 Å². The number of hydrogen-bond acceptors (Lipinski definition) is 4. The topological polar surface area (TPSA) is 91.2 Å². The first kappa shape index (κ1) is 14.4. The summed E-state index contributed by atoms with van der Waals surface area (Å²) in [5.41, 5.74) is 1.12. The van der Waals surface area contributed by atoms with Crippen LogP contribution >= 0.6 is 0 Å². The third kappa shape index (κ3) is 3.19. The summed E-state index contributed by atoms with van der Waals surface area (Å²) >= 11 is 0. The van der Waals surface area contributed by atoms with Gasteiger partial charge in [-0.15, -0.1) is 0 Å². The van der Waals surface area contributed by atoms with Crippen LogP contribution in [0.15, 0.2) is 35.4 Å². The molecule has 3 heterocycles. The van der Waals surface area contributed by atoms with Crippen molar-refractivity contribution in [3.05, 3.63) is 42.1 Å². The summed E-state index contributed by atoms with van der Waals surface area (Å²) in [6.07, 6.45) is 7.83. The van der Waals surface area contributed by atoms with E-state index >= 15 is 0 Å². The van der Waals surface area contributed by atoms with Gasteiger partial charge in [0.2, 0.25) is 0 Å². The largest absolute Gasteiger partial charge is 0.472 e. The monoisotopic (exact) mass is 302 g/mol. The Balaban J connectivity index is 1.44. The molecule has 7 nitrogen and oxygen atoms in total. The summed E-state index contributed by atoms with van der Waals surface area (Å²) in [7, 11) is 0. The molecule has 0 saturated carbocycles. The third-order valence-electron chi connectivity index (χ3n) is 3.98. The molecular weight excluding hydrogens is 284 g/mol. The molecule has 1 aliphatic rings. The molecule has 2 N–H and O–H groups in total.